The zero-order chi connectivity index (χ0) is 15.0. The van der Waals surface area contributed by atoms with Crippen LogP contribution in [0.3, 0.4) is 0 Å². The summed E-state index contributed by atoms with van der Waals surface area (Å²) in [6.45, 7) is 0.438. The SMILES string of the molecule is COc1ccc2c(c1)CCN2S(=O)(=O)c1ccc(Cl)cc1. The molecule has 4 nitrogen and oxygen atoms in total. The topological polar surface area (TPSA) is 46.6 Å². The van der Waals surface area contributed by atoms with Crippen LogP contribution >= 0.6 is 11.6 Å². The third kappa shape index (κ3) is 2.47. The third-order valence-electron chi connectivity index (χ3n) is 3.54. The number of ether oxygens (including phenoxy) is 1. The molecule has 2 aromatic rings. The smallest absolute Gasteiger partial charge is 0.264 e. The van der Waals surface area contributed by atoms with Gasteiger partial charge in [-0.15, -0.1) is 0 Å². The van der Waals surface area contributed by atoms with Crippen molar-refractivity contribution in [2.45, 2.75) is 11.3 Å². The minimum atomic E-state index is -3.55. The summed E-state index contributed by atoms with van der Waals surface area (Å²) < 4.78 is 32.0. The first kappa shape index (κ1) is 14.2. The zero-order valence-electron chi connectivity index (χ0n) is 11.4. The molecule has 21 heavy (non-hydrogen) atoms. The van der Waals surface area contributed by atoms with Crippen molar-refractivity contribution in [3.8, 4) is 5.75 Å². The van der Waals surface area contributed by atoms with Crippen LogP contribution in [0.15, 0.2) is 47.4 Å². The Morgan fingerprint density at radius 3 is 2.52 bits per heavy atom. The van der Waals surface area contributed by atoms with Crippen LogP contribution in [0, 0.1) is 0 Å². The molecule has 1 aliphatic rings. The Morgan fingerprint density at radius 2 is 1.86 bits per heavy atom. The van der Waals surface area contributed by atoms with Crippen molar-refractivity contribution in [2.75, 3.05) is 18.0 Å². The van der Waals surface area contributed by atoms with Crippen LogP contribution in [-0.2, 0) is 16.4 Å². The van der Waals surface area contributed by atoms with Gasteiger partial charge in [0.15, 0.2) is 0 Å². The Labute approximate surface area is 129 Å². The zero-order valence-corrected chi connectivity index (χ0v) is 13.0. The van der Waals surface area contributed by atoms with Gasteiger partial charge in [-0.2, -0.15) is 0 Å². The van der Waals surface area contributed by atoms with Gasteiger partial charge in [0.05, 0.1) is 17.7 Å². The second-order valence-corrected chi connectivity index (χ2v) is 7.07. The van der Waals surface area contributed by atoms with E-state index in [1.54, 1.807) is 31.4 Å². The van der Waals surface area contributed by atoms with Gasteiger partial charge in [0.1, 0.15) is 5.75 Å². The maximum absolute atomic E-state index is 12.7. The molecule has 0 spiro atoms. The average Bonchev–Trinajstić information content (AvgIpc) is 2.91. The van der Waals surface area contributed by atoms with Crippen molar-refractivity contribution < 1.29 is 13.2 Å². The number of anilines is 1. The molecule has 0 fully saturated rings. The molecule has 0 amide bonds. The van der Waals surface area contributed by atoms with Gasteiger partial charge >= 0.3 is 0 Å². The standard InChI is InChI=1S/C15H14ClNO3S/c1-20-13-4-7-15-11(10-13)8-9-17(15)21(18,19)14-5-2-12(16)3-6-14/h2-7,10H,8-9H2,1H3. The molecular weight excluding hydrogens is 310 g/mol. The summed E-state index contributed by atoms with van der Waals surface area (Å²) in [4.78, 5) is 0.246. The van der Waals surface area contributed by atoms with Crippen molar-refractivity contribution in [2.24, 2.45) is 0 Å². The van der Waals surface area contributed by atoms with Crippen LogP contribution in [0.25, 0.3) is 0 Å². The summed E-state index contributed by atoms with van der Waals surface area (Å²) in [5.41, 5.74) is 1.69. The van der Waals surface area contributed by atoms with Crippen LogP contribution < -0.4 is 9.04 Å². The molecule has 0 aromatic heterocycles. The Morgan fingerprint density at radius 1 is 1.14 bits per heavy atom. The van der Waals surface area contributed by atoms with Gasteiger partial charge in [0.25, 0.3) is 10.0 Å². The first-order valence-corrected chi connectivity index (χ1v) is 8.29. The Bertz CT molecular complexity index is 772. The number of methoxy groups -OCH3 is 1. The molecule has 3 rings (SSSR count). The molecule has 6 heteroatoms. The van der Waals surface area contributed by atoms with Crippen LogP contribution in [0.4, 0.5) is 5.69 Å². The maximum atomic E-state index is 12.7. The molecule has 110 valence electrons. The fourth-order valence-electron chi connectivity index (χ4n) is 2.46. The second-order valence-electron chi connectivity index (χ2n) is 4.78. The predicted octanol–water partition coefficient (Wildman–Crippen LogP) is 3.10. The van der Waals surface area contributed by atoms with Gasteiger partial charge in [0.2, 0.25) is 0 Å². The minimum absolute atomic E-state index is 0.246. The van der Waals surface area contributed by atoms with Gasteiger partial charge < -0.3 is 4.74 Å². The van der Waals surface area contributed by atoms with Gasteiger partial charge in [-0.05, 0) is 54.4 Å². The summed E-state index contributed by atoms with van der Waals surface area (Å²) >= 11 is 5.81. The highest BCUT2D eigenvalue weighted by molar-refractivity contribution is 7.92. The Balaban J connectivity index is 2.01. The fourth-order valence-corrected chi connectivity index (χ4v) is 4.09. The highest BCUT2D eigenvalue weighted by Gasteiger charge is 2.30. The van der Waals surface area contributed by atoms with Gasteiger partial charge in [-0.25, -0.2) is 8.42 Å². The highest BCUT2D eigenvalue weighted by atomic mass is 35.5. The van der Waals surface area contributed by atoms with Crippen LogP contribution in [-0.4, -0.2) is 22.1 Å². The van der Waals surface area contributed by atoms with E-state index in [1.807, 2.05) is 6.07 Å². The molecule has 1 heterocycles. The monoisotopic (exact) mass is 323 g/mol. The fraction of sp³-hybridized carbons (Fsp3) is 0.200. The lowest BCUT2D eigenvalue weighted by molar-refractivity contribution is 0.414. The van der Waals surface area contributed by atoms with E-state index >= 15 is 0 Å². The largest absolute Gasteiger partial charge is 0.497 e. The number of nitrogens with zero attached hydrogens (tertiary/aromatic N) is 1. The molecule has 2 aromatic carbocycles. The van der Waals surface area contributed by atoms with E-state index in [2.05, 4.69) is 0 Å². The molecular formula is C15H14ClNO3S. The number of sulfonamides is 1. The van der Waals surface area contributed by atoms with E-state index in [9.17, 15) is 8.42 Å². The van der Waals surface area contributed by atoms with Crippen molar-refractivity contribution in [3.63, 3.8) is 0 Å². The number of benzene rings is 2. The molecule has 0 atom stereocenters. The molecule has 0 aliphatic carbocycles. The quantitative estimate of drug-likeness (QED) is 0.872. The minimum Gasteiger partial charge on any atom is -0.497 e. The number of halogens is 1. The lowest BCUT2D eigenvalue weighted by atomic mass is 10.1. The Hall–Kier alpha value is -1.72. The molecule has 0 bridgehead atoms. The van der Waals surface area contributed by atoms with Gasteiger partial charge in [0, 0.05) is 11.6 Å². The van der Waals surface area contributed by atoms with E-state index in [1.165, 1.54) is 16.4 Å². The van der Waals surface area contributed by atoms with Gasteiger partial charge in [-0.3, -0.25) is 4.31 Å². The van der Waals surface area contributed by atoms with Crippen LogP contribution in [0.2, 0.25) is 5.02 Å². The highest BCUT2D eigenvalue weighted by Crippen LogP contribution is 2.35. The normalized spacial score (nSPS) is 14.1. The summed E-state index contributed by atoms with van der Waals surface area (Å²) in [5.74, 6) is 0.736. The summed E-state index contributed by atoms with van der Waals surface area (Å²) in [7, 11) is -1.96. The van der Waals surface area contributed by atoms with E-state index in [4.69, 9.17) is 16.3 Å². The number of fused-ring (bicyclic) bond motifs is 1. The van der Waals surface area contributed by atoms with E-state index < -0.39 is 10.0 Å². The number of hydrogen-bond acceptors (Lipinski definition) is 3. The summed E-state index contributed by atoms with van der Waals surface area (Å²) in [6.07, 6.45) is 0.680. The number of rotatable bonds is 3. The van der Waals surface area contributed by atoms with Crippen molar-refractivity contribution >= 4 is 27.3 Å². The first-order chi connectivity index (χ1) is 10.0. The van der Waals surface area contributed by atoms with Crippen molar-refractivity contribution in [1.82, 2.24) is 0 Å². The summed E-state index contributed by atoms with van der Waals surface area (Å²) in [6, 6.07) is 11.7. The van der Waals surface area contributed by atoms with E-state index in [0.717, 1.165) is 11.3 Å². The Kier molecular flexibility index (Phi) is 3.55. The first-order valence-electron chi connectivity index (χ1n) is 6.47. The molecule has 0 unspecified atom stereocenters. The predicted molar refractivity (Wildman–Crippen MR) is 82.7 cm³/mol. The molecule has 0 saturated heterocycles. The second kappa shape index (κ2) is 5.24. The third-order valence-corrected chi connectivity index (χ3v) is 5.62. The van der Waals surface area contributed by atoms with E-state index in [0.29, 0.717) is 23.7 Å². The molecule has 1 aliphatic heterocycles. The van der Waals surface area contributed by atoms with Crippen molar-refractivity contribution in [3.05, 3.63) is 53.1 Å². The molecule has 0 radical (unpaired) electrons. The maximum Gasteiger partial charge on any atom is 0.264 e. The molecule has 0 saturated carbocycles. The van der Waals surface area contributed by atoms with Gasteiger partial charge in [-0.1, -0.05) is 11.6 Å². The number of hydrogen-bond donors (Lipinski definition) is 0. The van der Waals surface area contributed by atoms with Crippen LogP contribution in [0.1, 0.15) is 5.56 Å². The lowest BCUT2D eigenvalue weighted by Crippen LogP contribution is -2.29. The van der Waals surface area contributed by atoms with E-state index in [-0.39, 0.29) is 4.90 Å². The molecule has 0 N–H and O–H groups in total. The lowest BCUT2D eigenvalue weighted by Gasteiger charge is -2.19. The summed E-state index contributed by atoms with van der Waals surface area (Å²) in [5, 5.41) is 0.514. The average molecular weight is 324 g/mol. The van der Waals surface area contributed by atoms with Crippen LogP contribution in [0.5, 0.6) is 5.75 Å². The van der Waals surface area contributed by atoms with Crippen molar-refractivity contribution in [1.29, 1.82) is 0 Å².